The molecule has 3 N–H and O–H groups in total. The third-order valence-corrected chi connectivity index (χ3v) is 4.44. The highest BCUT2D eigenvalue weighted by Gasteiger charge is 2.07. The molecule has 4 aromatic rings. The predicted molar refractivity (Wildman–Crippen MR) is 103 cm³/mol. The number of fused-ring (bicyclic) bond motifs is 2. The van der Waals surface area contributed by atoms with Gasteiger partial charge < -0.3 is 15.6 Å². The zero-order chi connectivity index (χ0) is 18.6. The Morgan fingerprint density at radius 3 is 3.04 bits per heavy atom. The molecular weight excluding hydrogens is 345 g/mol. The highest BCUT2D eigenvalue weighted by atomic mass is 19.1. The number of benzene rings is 1. The number of aromatic amines is 1. The second-order valence-corrected chi connectivity index (χ2v) is 6.15. The van der Waals surface area contributed by atoms with Gasteiger partial charge in [0.1, 0.15) is 5.82 Å². The first-order valence-corrected chi connectivity index (χ1v) is 8.73. The molecule has 138 valence electrons. The molecule has 0 unspecified atom stereocenters. The van der Waals surface area contributed by atoms with Gasteiger partial charge in [0, 0.05) is 36.9 Å². The Hall–Kier alpha value is -3.42. The normalized spacial score (nSPS) is 12.0. The smallest absolute Gasteiger partial charge is 0.191 e. The lowest BCUT2D eigenvalue weighted by molar-refractivity contribution is 0.629. The number of hydrogen-bond donors (Lipinski definition) is 3. The fourth-order valence-corrected chi connectivity index (χ4v) is 3.07. The first-order valence-electron chi connectivity index (χ1n) is 8.73. The van der Waals surface area contributed by atoms with Gasteiger partial charge in [-0.1, -0.05) is 6.07 Å². The monoisotopic (exact) mass is 365 g/mol. The molecule has 0 saturated heterocycles. The van der Waals surface area contributed by atoms with Gasteiger partial charge in [-0.3, -0.25) is 9.39 Å². The summed E-state index contributed by atoms with van der Waals surface area (Å²) < 4.78 is 15.4. The molecule has 7 nitrogen and oxygen atoms in total. The fourth-order valence-electron chi connectivity index (χ4n) is 3.07. The van der Waals surface area contributed by atoms with E-state index in [1.165, 1.54) is 6.07 Å². The van der Waals surface area contributed by atoms with Crippen molar-refractivity contribution >= 4 is 22.5 Å². The Labute approximate surface area is 155 Å². The maximum absolute atomic E-state index is 13.5. The molecule has 0 fully saturated rings. The van der Waals surface area contributed by atoms with Gasteiger partial charge in [-0.25, -0.2) is 4.39 Å². The Morgan fingerprint density at radius 2 is 2.15 bits per heavy atom. The van der Waals surface area contributed by atoms with Crippen LogP contribution in [0.1, 0.15) is 11.4 Å². The maximum Gasteiger partial charge on any atom is 0.191 e. The van der Waals surface area contributed by atoms with Gasteiger partial charge in [-0.15, -0.1) is 10.2 Å². The standard InChI is InChI=1S/C19H20FN7/c1-21-19(24-12-18-26-25-17-4-2-3-9-27(17)18)22-8-7-13-11-23-16-6-5-14(20)10-15(13)16/h2-6,9-11,23H,7-8,12H2,1H3,(H2,21,22,24). The van der Waals surface area contributed by atoms with Crippen molar-refractivity contribution in [2.45, 2.75) is 13.0 Å². The van der Waals surface area contributed by atoms with Gasteiger partial charge in [0.25, 0.3) is 0 Å². The maximum atomic E-state index is 13.5. The number of halogens is 1. The summed E-state index contributed by atoms with van der Waals surface area (Å²) in [5.74, 6) is 1.25. The van der Waals surface area contributed by atoms with E-state index in [1.54, 1.807) is 19.2 Å². The lowest BCUT2D eigenvalue weighted by Crippen LogP contribution is -2.38. The number of aliphatic imine (C=N–C) groups is 1. The fraction of sp³-hybridized carbons (Fsp3) is 0.211. The molecule has 27 heavy (non-hydrogen) atoms. The lowest BCUT2D eigenvalue weighted by Gasteiger charge is -2.11. The molecule has 0 bridgehead atoms. The van der Waals surface area contributed by atoms with Crippen LogP contribution in [0.5, 0.6) is 0 Å². The molecule has 0 aliphatic heterocycles. The molecule has 0 aliphatic carbocycles. The van der Waals surface area contributed by atoms with E-state index in [4.69, 9.17) is 0 Å². The Bertz CT molecular complexity index is 1100. The van der Waals surface area contributed by atoms with Gasteiger partial charge in [0.15, 0.2) is 17.4 Å². The van der Waals surface area contributed by atoms with Crippen molar-refractivity contribution in [2.24, 2.45) is 4.99 Å². The summed E-state index contributed by atoms with van der Waals surface area (Å²) in [5.41, 5.74) is 2.81. The zero-order valence-electron chi connectivity index (χ0n) is 14.9. The van der Waals surface area contributed by atoms with E-state index in [1.807, 2.05) is 35.0 Å². The van der Waals surface area contributed by atoms with Crippen LogP contribution in [0.15, 0.2) is 53.8 Å². The van der Waals surface area contributed by atoms with Crippen LogP contribution >= 0.6 is 0 Å². The zero-order valence-corrected chi connectivity index (χ0v) is 14.9. The van der Waals surface area contributed by atoms with Crippen LogP contribution in [0.3, 0.4) is 0 Å². The van der Waals surface area contributed by atoms with E-state index < -0.39 is 0 Å². The summed E-state index contributed by atoms with van der Waals surface area (Å²) in [6, 6.07) is 10.6. The molecule has 0 atom stereocenters. The molecule has 0 radical (unpaired) electrons. The van der Waals surface area contributed by atoms with E-state index in [0.717, 1.165) is 34.4 Å². The first kappa shape index (κ1) is 17.0. The van der Waals surface area contributed by atoms with Crippen molar-refractivity contribution in [3.05, 3.63) is 66.0 Å². The minimum absolute atomic E-state index is 0.227. The summed E-state index contributed by atoms with van der Waals surface area (Å²) in [7, 11) is 1.72. The average molecular weight is 365 g/mol. The summed E-state index contributed by atoms with van der Waals surface area (Å²) in [4.78, 5) is 7.40. The first-order chi connectivity index (χ1) is 13.2. The van der Waals surface area contributed by atoms with Gasteiger partial charge in [-0.2, -0.15) is 0 Å². The molecule has 1 aromatic carbocycles. The molecule has 4 rings (SSSR count). The van der Waals surface area contributed by atoms with E-state index in [0.29, 0.717) is 19.0 Å². The SMILES string of the molecule is CN=C(NCCc1c[nH]c2ccc(F)cc12)NCc1nnc2ccccn12. The van der Waals surface area contributed by atoms with E-state index in [2.05, 4.69) is 30.8 Å². The van der Waals surface area contributed by atoms with Crippen LogP contribution in [-0.2, 0) is 13.0 Å². The van der Waals surface area contributed by atoms with Crippen LogP contribution in [0.2, 0.25) is 0 Å². The van der Waals surface area contributed by atoms with Crippen LogP contribution in [0.25, 0.3) is 16.6 Å². The summed E-state index contributed by atoms with van der Waals surface area (Å²) in [6.45, 7) is 1.17. The van der Waals surface area contributed by atoms with Gasteiger partial charge in [0.2, 0.25) is 0 Å². The number of rotatable bonds is 5. The number of pyridine rings is 1. The topological polar surface area (TPSA) is 82.4 Å². The number of hydrogen-bond acceptors (Lipinski definition) is 3. The van der Waals surface area contributed by atoms with Gasteiger partial charge in [0.05, 0.1) is 6.54 Å². The molecular formula is C19H20FN7. The lowest BCUT2D eigenvalue weighted by atomic mass is 10.1. The minimum atomic E-state index is -0.227. The van der Waals surface area contributed by atoms with Crippen molar-refractivity contribution in [3.8, 4) is 0 Å². The summed E-state index contributed by atoms with van der Waals surface area (Å²) in [6.07, 6.45) is 4.60. The van der Waals surface area contributed by atoms with Crippen molar-refractivity contribution < 1.29 is 4.39 Å². The number of aromatic nitrogens is 4. The third kappa shape index (κ3) is 3.59. The summed E-state index contributed by atoms with van der Waals surface area (Å²) >= 11 is 0. The number of nitrogens with zero attached hydrogens (tertiary/aromatic N) is 4. The van der Waals surface area contributed by atoms with Crippen molar-refractivity contribution in [3.63, 3.8) is 0 Å². The number of nitrogens with one attached hydrogen (secondary N) is 3. The Balaban J connectivity index is 1.34. The molecule has 3 heterocycles. The highest BCUT2D eigenvalue weighted by molar-refractivity contribution is 5.83. The van der Waals surface area contributed by atoms with Crippen molar-refractivity contribution in [1.29, 1.82) is 0 Å². The second-order valence-electron chi connectivity index (χ2n) is 6.15. The Morgan fingerprint density at radius 1 is 1.22 bits per heavy atom. The molecule has 8 heteroatoms. The molecule has 0 amide bonds. The van der Waals surface area contributed by atoms with Gasteiger partial charge in [-0.05, 0) is 42.3 Å². The molecule has 0 aliphatic rings. The van der Waals surface area contributed by atoms with E-state index in [9.17, 15) is 4.39 Å². The van der Waals surface area contributed by atoms with E-state index >= 15 is 0 Å². The highest BCUT2D eigenvalue weighted by Crippen LogP contribution is 2.19. The number of guanidine groups is 1. The Kier molecular flexibility index (Phi) is 4.69. The van der Waals surface area contributed by atoms with Crippen molar-refractivity contribution in [1.82, 2.24) is 30.2 Å². The van der Waals surface area contributed by atoms with Crippen LogP contribution in [0, 0.1) is 5.82 Å². The second kappa shape index (κ2) is 7.45. The quantitative estimate of drug-likeness (QED) is 0.374. The average Bonchev–Trinajstić information content (AvgIpc) is 3.28. The molecule has 0 spiro atoms. The molecule has 3 aromatic heterocycles. The van der Waals surface area contributed by atoms with E-state index in [-0.39, 0.29) is 5.82 Å². The van der Waals surface area contributed by atoms with Crippen LogP contribution in [0.4, 0.5) is 4.39 Å². The van der Waals surface area contributed by atoms with Crippen LogP contribution in [-0.4, -0.2) is 39.1 Å². The third-order valence-electron chi connectivity index (χ3n) is 4.44. The van der Waals surface area contributed by atoms with Gasteiger partial charge >= 0.3 is 0 Å². The largest absolute Gasteiger partial charge is 0.361 e. The van der Waals surface area contributed by atoms with Crippen molar-refractivity contribution in [2.75, 3.05) is 13.6 Å². The summed E-state index contributed by atoms with van der Waals surface area (Å²) in [5, 5.41) is 15.7. The molecule has 0 saturated carbocycles. The predicted octanol–water partition coefficient (Wildman–Crippen LogP) is 2.26. The minimum Gasteiger partial charge on any atom is -0.361 e. The van der Waals surface area contributed by atoms with Crippen LogP contribution < -0.4 is 10.6 Å². The number of H-pyrrole nitrogens is 1.